The highest BCUT2D eigenvalue weighted by Gasteiger charge is 2.37. The third-order valence-corrected chi connectivity index (χ3v) is 4.87. The highest BCUT2D eigenvalue weighted by molar-refractivity contribution is 5.92. The molecule has 3 aromatic rings. The second-order valence-electron chi connectivity index (χ2n) is 6.66. The number of benzene rings is 2. The van der Waals surface area contributed by atoms with Gasteiger partial charge in [0, 0.05) is 11.3 Å². The molecule has 0 amide bonds. The van der Waals surface area contributed by atoms with Gasteiger partial charge in [-0.25, -0.2) is 4.79 Å². The minimum absolute atomic E-state index is 0.331. The van der Waals surface area contributed by atoms with E-state index in [1.165, 1.54) is 11.8 Å². The number of hydrogen-bond acceptors (Lipinski definition) is 8. The second kappa shape index (κ2) is 8.24. The summed E-state index contributed by atoms with van der Waals surface area (Å²) >= 11 is 0. The van der Waals surface area contributed by atoms with Gasteiger partial charge in [-0.15, -0.1) is 0 Å². The van der Waals surface area contributed by atoms with Crippen molar-refractivity contribution in [2.24, 2.45) is 0 Å². The predicted molar refractivity (Wildman–Crippen MR) is 108 cm³/mol. The zero-order valence-electron chi connectivity index (χ0n) is 16.8. The summed E-state index contributed by atoms with van der Waals surface area (Å²) < 4.78 is 18.3. The van der Waals surface area contributed by atoms with Crippen molar-refractivity contribution in [2.45, 2.75) is 19.6 Å². The summed E-state index contributed by atoms with van der Waals surface area (Å²) in [5, 5.41) is 14.9. The van der Waals surface area contributed by atoms with E-state index in [4.69, 9.17) is 14.2 Å². The van der Waals surface area contributed by atoms with Gasteiger partial charge in [0.25, 0.3) is 0 Å². The van der Waals surface area contributed by atoms with Crippen LogP contribution in [0.4, 0.5) is 5.95 Å². The SMILES string of the molecule is COC(=O)C1=C(C)Nc2nnnn2[C@@H]1c1cccc(OC)c1OCc1ccccc1. The Kier molecular flexibility index (Phi) is 5.34. The normalized spacial score (nSPS) is 15.2. The van der Waals surface area contributed by atoms with E-state index in [9.17, 15) is 4.79 Å². The third-order valence-electron chi connectivity index (χ3n) is 4.87. The van der Waals surface area contributed by atoms with Crippen molar-refractivity contribution in [1.29, 1.82) is 0 Å². The molecule has 30 heavy (non-hydrogen) atoms. The maximum atomic E-state index is 12.7. The number of carbonyl (C=O) groups is 1. The van der Waals surface area contributed by atoms with Crippen molar-refractivity contribution < 1.29 is 19.0 Å². The van der Waals surface area contributed by atoms with E-state index in [0.717, 1.165) is 5.56 Å². The number of ether oxygens (including phenoxy) is 3. The van der Waals surface area contributed by atoms with Crippen molar-refractivity contribution in [3.8, 4) is 11.5 Å². The molecule has 4 rings (SSSR count). The smallest absolute Gasteiger partial charge is 0.338 e. The first-order valence-corrected chi connectivity index (χ1v) is 9.31. The number of anilines is 1. The maximum absolute atomic E-state index is 12.7. The van der Waals surface area contributed by atoms with Gasteiger partial charge >= 0.3 is 5.97 Å². The number of nitrogens with one attached hydrogen (secondary N) is 1. The Morgan fingerprint density at radius 2 is 1.93 bits per heavy atom. The van der Waals surface area contributed by atoms with Crippen LogP contribution in [0.15, 0.2) is 59.8 Å². The van der Waals surface area contributed by atoms with Gasteiger partial charge in [0.2, 0.25) is 5.95 Å². The Labute approximate surface area is 173 Å². The van der Waals surface area contributed by atoms with Crippen LogP contribution in [0.25, 0.3) is 0 Å². The number of tetrazole rings is 1. The first-order chi connectivity index (χ1) is 14.6. The van der Waals surface area contributed by atoms with Gasteiger partial charge in [-0.05, 0) is 29.0 Å². The molecule has 0 bridgehead atoms. The van der Waals surface area contributed by atoms with E-state index in [2.05, 4.69) is 20.8 Å². The molecule has 154 valence electrons. The van der Waals surface area contributed by atoms with Crippen LogP contribution < -0.4 is 14.8 Å². The minimum atomic E-state index is -0.649. The van der Waals surface area contributed by atoms with Crippen LogP contribution >= 0.6 is 0 Å². The average Bonchev–Trinajstić information content (AvgIpc) is 3.24. The molecule has 2 aromatic carbocycles. The molecule has 0 fully saturated rings. The van der Waals surface area contributed by atoms with Crippen molar-refractivity contribution in [1.82, 2.24) is 20.2 Å². The topological polar surface area (TPSA) is 100 Å². The highest BCUT2D eigenvalue weighted by Crippen LogP contribution is 2.43. The maximum Gasteiger partial charge on any atom is 0.338 e. The Morgan fingerprint density at radius 3 is 2.67 bits per heavy atom. The summed E-state index contributed by atoms with van der Waals surface area (Å²) in [7, 11) is 2.91. The van der Waals surface area contributed by atoms with Crippen molar-refractivity contribution >= 4 is 11.9 Å². The van der Waals surface area contributed by atoms with Crippen LogP contribution in [0.2, 0.25) is 0 Å². The number of rotatable bonds is 6. The number of carbonyl (C=O) groups excluding carboxylic acids is 1. The highest BCUT2D eigenvalue weighted by atomic mass is 16.5. The van der Waals surface area contributed by atoms with Crippen LogP contribution in [-0.4, -0.2) is 40.4 Å². The average molecular weight is 407 g/mol. The standard InChI is InChI=1S/C21H21N5O4/c1-13-17(20(27)29-3)18(26-21(22-13)23-24-25-26)15-10-7-11-16(28-2)19(15)30-12-14-8-5-4-6-9-14/h4-11,18H,12H2,1-3H3,(H,22,23,25)/t18-/m1/s1. The summed E-state index contributed by atoms with van der Waals surface area (Å²) in [6, 6.07) is 14.6. The lowest BCUT2D eigenvalue weighted by molar-refractivity contribution is -0.136. The molecule has 1 atom stereocenters. The van der Waals surface area contributed by atoms with Crippen molar-refractivity contribution in [3.05, 3.63) is 70.9 Å². The molecular formula is C21H21N5O4. The Hall–Kier alpha value is -3.88. The van der Waals surface area contributed by atoms with Gasteiger partial charge in [0.05, 0.1) is 19.8 Å². The van der Waals surface area contributed by atoms with Gasteiger partial charge in [0.1, 0.15) is 12.6 Å². The number of allylic oxidation sites excluding steroid dienone is 1. The fourth-order valence-electron chi connectivity index (χ4n) is 3.47. The Balaban J connectivity index is 1.83. The van der Waals surface area contributed by atoms with Gasteiger partial charge in [0.15, 0.2) is 11.5 Å². The number of nitrogens with zero attached hydrogens (tertiary/aromatic N) is 4. The third kappa shape index (κ3) is 3.45. The molecule has 0 aliphatic carbocycles. The zero-order chi connectivity index (χ0) is 21.1. The first kappa shape index (κ1) is 19.4. The molecule has 1 N–H and O–H groups in total. The molecule has 2 heterocycles. The monoisotopic (exact) mass is 407 g/mol. The molecule has 0 unspecified atom stereocenters. The fraction of sp³-hybridized carbons (Fsp3) is 0.238. The summed E-state index contributed by atoms with van der Waals surface area (Å²) in [5.74, 6) is 0.981. The van der Waals surface area contributed by atoms with Gasteiger partial charge < -0.3 is 19.5 Å². The fourth-order valence-corrected chi connectivity index (χ4v) is 3.47. The number of fused-ring (bicyclic) bond motifs is 1. The molecule has 0 saturated heterocycles. The molecular weight excluding hydrogens is 386 g/mol. The number of esters is 1. The van der Waals surface area contributed by atoms with Gasteiger partial charge in [-0.1, -0.05) is 47.6 Å². The van der Waals surface area contributed by atoms with E-state index in [1.54, 1.807) is 20.1 Å². The van der Waals surface area contributed by atoms with Crippen LogP contribution in [0.1, 0.15) is 24.1 Å². The molecule has 1 aromatic heterocycles. The number of hydrogen-bond donors (Lipinski definition) is 1. The Morgan fingerprint density at radius 1 is 1.13 bits per heavy atom. The predicted octanol–water partition coefficient (Wildman–Crippen LogP) is 2.72. The molecule has 0 radical (unpaired) electrons. The number of para-hydroxylation sites is 1. The first-order valence-electron chi connectivity index (χ1n) is 9.31. The van der Waals surface area contributed by atoms with E-state index < -0.39 is 12.0 Å². The molecule has 1 aliphatic rings. The largest absolute Gasteiger partial charge is 0.493 e. The number of aromatic nitrogens is 4. The zero-order valence-corrected chi connectivity index (χ0v) is 16.8. The molecule has 0 saturated carbocycles. The molecule has 0 spiro atoms. The van der Waals surface area contributed by atoms with E-state index >= 15 is 0 Å². The lowest BCUT2D eigenvalue weighted by Gasteiger charge is -2.28. The molecule has 9 nitrogen and oxygen atoms in total. The minimum Gasteiger partial charge on any atom is -0.493 e. The summed E-state index contributed by atoms with van der Waals surface area (Å²) in [6.07, 6.45) is 0. The van der Waals surface area contributed by atoms with Crippen molar-refractivity contribution in [2.75, 3.05) is 19.5 Å². The van der Waals surface area contributed by atoms with Crippen LogP contribution in [0.5, 0.6) is 11.5 Å². The molecule has 1 aliphatic heterocycles. The van der Waals surface area contributed by atoms with Gasteiger partial charge in [-0.3, -0.25) is 0 Å². The summed E-state index contributed by atoms with van der Waals surface area (Å²) in [4.78, 5) is 12.7. The quantitative estimate of drug-likeness (QED) is 0.623. The van der Waals surface area contributed by atoms with E-state index in [1.807, 2.05) is 42.5 Å². The van der Waals surface area contributed by atoms with E-state index in [0.29, 0.717) is 40.9 Å². The Bertz CT molecular complexity index is 1090. The second-order valence-corrected chi connectivity index (χ2v) is 6.66. The van der Waals surface area contributed by atoms with Gasteiger partial charge in [-0.2, -0.15) is 4.68 Å². The molecule has 9 heteroatoms. The summed E-state index contributed by atoms with van der Waals surface area (Å²) in [6.45, 7) is 2.11. The van der Waals surface area contributed by atoms with E-state index in [-0.39, 0.29) is 0 Å². The van der Waals surface area contributed by atoms with Crippen LogP contribution in [0, 0.1) is 0 Å². The number of methoxy groups -OCH3 is 2. The lowest BCUT2D eigenvalue weighted by atomic mass is 9.94. The van der Waals surface area contributed by atoms with Crippen LogP contribution in [-0.2, 0) is 16.1 Å². The lowest BCUT2D eigenvalue weighted by Crippen LogP contribution is -2.29. The van der Waals surface area contributed by atoms with Crippen molar-refractivity contribution in [3.63, 3.8) is 0 Å². The summed E-state index contributed by atoms with van der Waals surface area (Å²) in [5.41, 5.74) is 2.67. The van der Waals surface area contributed by atoms with Crippen LogP contribution in [0.3, 0.4) is 0 Å².